The lowest BCUT2D eigenvalue weighted by atomic mass is 10.2. The average molecular weight is 186 g/mol. The second-order valence-corrected chi connectivity index (χ2v) is 3.27. The van der Waals surface area contributed by atoms with Gasteiger partial charge in [-0.15, -0.1) is 0 Å². The molecule has 1 fully saturated rings. The van der Waals surface area contributed by atoms with Crippen LogP contribution in [0.5, 0.6) is 0 Å². The van der Waals surface area contributed by atoms with Crippen LogP contribution in [-0.4, -0.2) is 26.3 Å². The Hall–Kier alpha value is -1.46. The van der Waals surface area contributed by atoms with Gasteiger partial charge in [0.2, 0.25) is 0 Å². The number of hydrogen-bond donors (Lipinski definition) is 0. The molecule has 1 radical (unpaired) electrons. The van der Waals surface area contributed by atoms with Crippen molar-refractivity contribution in [3.8, 4) is 5.92 Å². The molecule has 0 saturated carbocycles. The molecule has 1 saturated heterocycles. The van der Waals surface area contributed by atoms with Crippen LogP contribution in [0.25, 0.3) is 0 Å². The van der Waals surface area contributed by atoms with Gasteiger partial charge >= 0.3 is 0 Å². The van der Waals surface area contributed by atoms with Crippen molar-refractivity contribution in [1.29, 1.82) is 0 Å². The topological polar surface area (TPSA) is 12.5 Å². The molecule has 0 spiro atoms. The molecule has 2 heteroatoms. The Morgan fingerprint density at radius 3 is 2.36 bits per heavy atom. The highest BCUT2D eigenvalue weighted by molar-refractivity contribution is 5.50. The molecule has 0 N–H and O–H groups in total. The van der Waals surface area contributed by atoms with Gasteiger partial charge in [0.05, 0.1) is 13.2 Å². The summed E-state index contributed by atoms with van der Waals surface area (Å²) < 4.78 is 5.28. The van der Waals surface area contributed by atoms with Gasteiger partial charge in [-0.2, -0.15) is 0 Å². The van der Waals surface area contributed by atoms with Gasteiger partial charge < -0.3 is 9.64 Å². The summed E-state index contributed by atoms with van der Waals surface area (Å²) in [5.41, 5.74) is 2.02. The van der Waals surface area contributed by atoms with Crippen molar-refractivity contribution >= 4 is 5.69 Å². The van der Waals surface area contributed by atoms with Crippen molar-refractivity contribution in [1.82, 2.24) is 0 Å². The van der Waals surface area contributed by atoms with Crippen LogP contribution in [0.4, 0.5) is 5.69 Å². The predicted molar refractivity (Wildman–Crippen MR) is 55.7 cm³/mol. The normalized spacial score (nSPS) is 16.4. The van der Waals surface area contributed by atoms with Gasteiger partial charge in [0, 0.05) is 24.3 Å². The minimum Gasteiger partial charge on any atom is -0.378 e. The molecule has 0 atom stereocenters. The van der Waals surface area contributed by atoms with Crippen LogP contribution in [0.1, 0.15) is 5.56 Å². The van der Waals surface area contributed by atoms with Gasteiger partial charge in [0.15, 0.2) is 0 Å². The van der Waals surface area contributed by atoms with Crippen LogP contribution < -0.4 is 4.90 Å². The van der Waals surface area contributed by atoms with Crippen LogP contribution in [0, 0.1) is 12.3 Å². The maximum Gasteiger partial charge on any atom is 0.0642 e. The minimum absolute atomic E-state index is 0.804. The van der Waals surface area contributed by atoms with Crippen molar-refractivity contribution in [3.63, 3.8) is 0 Å². The molecule has 2 nitrogen and oxygen atoms in total. The molecule has 0 bridgehead atoms. The first-order chi connectivity index (χ1) is 6.90. The third-order valence-electron chi connectivity index (χ3n) is 2.39. The summed E-state index contributed by atoms with van der Waals surface area (Å²) in [6.45, 7) is 3.51. The van der Waals surface area contributed by atoms with E-state index in [9.17, 15) is 0 Å². The summed E-state index contributed by atoms with van der Waals surface area (Å²) >= 11 is 0. The van der Waals surface area contributed by atoms with Crippen molar-refractivity contribution < 1.29 is 4.74 Å². The summed E-state index contributed by atoms with van der Waals surface area (Å²) in [6, 6.07) is 7.89. The molecule has 1 aliphatic heterocycles. The Bertz CT molecular complexity index is 330. The molecule has 1 aromatic rings. The predicted octanol–water partition coefficient (Wildman–Crippen LogP) is 1.46. The number of nitrogens with zero attached hydrogens (tertiary/aromatic N) is 1. The first-order valence-electron chi connectivity index (χ1n) is 4.75. The van der Waals surface area contributed by atoms with Gasteiger partial charge in [0.25, 0.3) is 0 Å². The molecule has 2 rings (SSSR count). The largest absolute Gasteiger partial charge is 0.378 e. The first-order valence-corrected chi connectivity index (χ1v) is 4.75. The number of anilines is 1. The number of rotatable bonds is 1. The van der Waals surface area contributed by atoms with E-state index in [1.54, 1.807) is 0 Å². The van der Waals surface area contributed by atoms with Crippen molar-refractivity contribution in [2.45, 2.75) is 0 Å². The SMILES string of the molecule is [C]#Cc1ccc(N2CCOCC2)cc1. The van der Waals surface area contributed by atoms with E-state index < -0.39 is 0 Å². The number of benzene rings is 1. The first kappa shape index (κ1) is 9.11. The summed E-state index contributed by atoms with van der Waals surface area (Å²) in [5, 5.41) is 0. The molecule has 71 valence electrons. The third-order valence-corrected chi connectivity index (χ3v) is 2.39. The van der Waals surface area contributed by atoms with Gasteiger partial charge in [0.1, 0.15) is 0 Å². The lowest BCUT2D eigenvalue weighted by Gasteiger charge is -2.28. The van der Waals surface area contributed by atoms with E-state index in [2.05, 4.69) is 10.8 Å². The Balaban J connectivity index is 2.12. The van der Waals surface area contributed by atoms with Crippen LogP contribution in [0.2, 0.25) is 0 Å². The number of hydrogen-bond acceptors (Lipinski definition) is 2. The van der Waals surface area contributed by atoms with E-state index in [4.69, 9.17) is 11.2 Å². The van der Waals surface area contributed by atoms with Gasteiger partial charge in [-0.05, 0) is 30.7 Å². The maximum absolute atomic E-state index is 6.97. The molecular weight excluding hydrogens is 174 g/mol. The van der Waals surface area contributed by atoms with E-state index in [1.165, 1.54) is 5.69 Å². The Kier molecular flexibility index (Phi) is 2.71. The number of morpholine rings is 1. The van der Waals surface area contributed by atoms with E-state index in [1.807, 2.05) is 24.3 Å². The highest BCUT2D eigenvalue weighted by Gasteiger charge is 2.10. The zero-order valence-electron chi connectivity index (χ0n) is 7.99. The molecule has 0 amide bonds. The van der Waals surface area contributed by atoms with Crippen molar-refractivity contribution in [2.24, 2.45) is 0 Å². The molecule has 0 unspecified atom stereocenters. The lowest BCUT2D eigenvalue weighted by molar-refractivity contribution is 0.122. The summed E-state index contributed by atoms with van der Waals surface area (Å²) in [5.74, 6) is 2.36. The van der Waals surface area contributed by atoms with Crippen LogP contribution >= 0.6 is 0 Å². The van der Waals surface area contributed by atoms with Gasteiger partial charge in [-0.3, -0.25) is 0 Å². The Labute approximate surface area is 84.5 Å². The summed E-state index contributed by atoms with van der Waals surface area (Å²) in [6.07, 6.45) is 6.97. The quantitative estimate of drug-likeness (QED) is 0.616. The molecular formula is C12H12NO. The fourth-order valence-corrected chi connectivity index (χ4v) is 1.58. The monoisotopic (exact) mass is 186 g/mol. The zero-order chi connectivity index (χ0) is 9.80. The Morgan fingerprint density at radius 2 is 1.79 bits per heavy atom. The fraction of sp³-hybridized carbons (Fsp3) is 0.333. The van der Waals surface area contributed by atoms with Gasteiger partial charge in [-0.1, -0.05) is 5.92 Å². The zero-order valence-corrected chi connectivity index (χ0v) is 7.99. The number of ether oxygens (including phenoxy) is 1. The van der Waals surface area contributed by atoms with Crippen molar-refractivity contribution in [3.05, 3.63) is 36.3 Å². The smallest absolute Gasteiger partial charge is 0.0642 e. The molecule has 1 aromatic carbocycles. The molecule has 1 heterocycles. The van der Waals surface area contributed by atoms with E-state index in [0.717, 1.165) is 31.9 Å². The molecule has 0 aromatic heterocycles. The van der Waals surface area contributed by atoms with E-state index in [0.29, 0.717) is 0 Å². The highest BCUT2D eigenvalue weighted by Crippen LogP contribution is 2.15. The standard InChI is InChI=1S/C12H12NO/c1-2-11-3-5-12(6-4-11)13-7-9-14-10-8-13/h3-6H,7-10H2. The van der Waals surface area contributed by atoms with Crippen LogP contribution in [-0.2, 0) is 4.74 Å². The van der Waals surface area contributed by atoms with E-state index in [-0.39, 0.29) is 0 Å². The van der Waals surface area contributed by atoms with Gasteiger partial charge in [-0.25, -0.2) is 0 Å². The molecule has 14 heavy (non-hydrogen) atoms. The highest BCUT2D eigenvalue weighted by atomic mass is 16.5. The lowest BCUT2D eigenvalue weighted by Crippen LogP contribution is -2.36. The van der Waals surface area contributed by atoms with E-state index >= 15 is 0 Å². The second-order valence-electron chi connectivity index (χ2n) is 3.27. The maximum atomic E-state index is 6.97. The summed E-state index contributed by atoms with van der Waals surface area (Å²) in [7, 11) is 0. The van der Waals surface area contributed by atoms with Crippen LogP contribution in [0.15, 0.2) is 24.3 Å². The second kappa shape index (κ2) is 4.17. The summed E-state index contributed by atoms with van der Waals surface area (Å²) in [4.78, 5) is 2.29. The third kappa shape index (κ3) is 1.89. The Morgan fingerprint density at radius 1 is 1.14 bits per heavy atom. The average Bonchev–Trinajstić information content (AvgIpc) is 2.30. The molecule has 1 aliphatic rings. The fourth-order valence-electron chi connectivity index (χ4n) is 1.58. The minimum atomic E-state index is 0.804. The van der Waals surface area contributed by atoms with Crippen LogP contribution in [0.3, 0.4) is 0 Å². The molecule has 0 aliphatic carbocycles. The van der Waals surface area contributed by atoms with Crippen molar-refractivity contribution in [2.75, 3.05) is 31.2 Å².